The topological polar surface area (TPSA) is 44.5 Å². The minimum absolute atomic E-state index is 0.266. The van der Waals surface area contributed by atoms with Crippen LogP contribution in [0.5, 0.6) is 11.5 Å². The van der Waals surface area contributed by atoms with Crippen LogP contribution in [0, 0.1) is 0 Å². The van der Waals surface area contributed by atoms with E-state index in [1.165, 1.54) is 0 Å². The van der Waals surface area contributed by atoms with Crippen LogP contribution in [-0.2, 0) is 13.0 Å². The molecule has 0 amide bonds. The molecule has 0 saturated heterocycles. The molecule has 0 unspecified atom stereocenters. The van der Waals surface area contributed by atoms with Gasteiger partial charge in [-0.2, -0.15) is 0 Å². The van der Waals surface area contributed by atoms with Crippen molar-refractivity contribution in [3.63, 3.8) is 0 Å². The summed E-state index contributed by atoms with van der Waals surface area (Å²) in [4.78, 5) is 0. The van der Waals surface area contributed by atoms with Crippen molar-refractivity contribution in [3.8, 4) is 11.5 Å². The number of nitrogens with two attached hydrogens (primary N) is 1. The maximum Gasteiger partial charge on any atom is 0.180 e. The lowest BCUT2D eigenvalue weighted by Gasteiger charge is -2.14. The van der Waals surface area contributed by atoms with E-state index >= 15 is 0 Å². The number of hydrogen-bond acceptors (Lipinski definition) is 3. The van der Waals surface area contributed by atoms with Gasteiger partial charge < -0.3 is 15.2 Å². The van der Waals surface area contributed by atoms with E-state index in [-0.39, 0.29) is 6.61 Å². The summed E-state index contributed by atoms with van der Waals surface area (Å²) in [6, 6.07) is 8.95. The largest absolute Gasteiger partial charge is 0.493 e. The Labute approximate surface area is 144 Å². The molecule has 0 heterocycles. The first kappa shape index (κ1) is 17.2. The summed E-state index contributed by atoms with van der Waals surface area (Å²) in [6.07, 6.45) is 0.722. The van der Waals surface area contributed by atoms with Gasteiger partial charge in [0.2, 0.25) is 0 Å². The molecule has 2 aromatic rings. The number of halogens is 3. The van der Waals surface area contributed by atoms with E-state index in [1.807, 2.05) is 18.2 Å². The lowest BCUT2D eigenvalue weighted by atomic mass is 10.1. The normalized spacial score (nSPS) is 10.6. The van der Waals surface area contributed by atoms with Gasteiger partial charge in [-0.1, -0.05) is 40.9 Å². The van der Waals surface area contributed by atoms with Crippen molar-refractivity contribution in [2.45, 2.75) is 13.0 Å². The van der Waals surface area contributed by atoms with Crippen LogP contribution < -0.4 is 15.2 Å². The van der Waals surface area contributed by atoms with Crippen molar-refractivity contribution in [1.82, 2.24) is 0 Å². The predicted octanol–water partition coefficient (Wildman–Crippen LogP) is 4.74. The van der Waals surface area contributed by atoms with Gasteiger partial charge >= 0.3 is 0 Å². The third-order valence-electron chi connectivity index (χ3n) is 3.11. The van der Waals surface area contributed by atoms with Gasteiger partial charge in [-0.3, -0.25) is 0 Å². The fourth-order valence-electron chi connectivity index (χ4n) is 2.01. The second-order valence-electron chi connectivity index (χ2n) is 4.67. The molecule has 0 spiro atoms. The van der Waals surface area contributed by atoms with Crippen LogP contribution in [0.15, 0.2) is 30.3 Å². The van der Waals surface area contributed by atoms with E-state index in [2.05, 4.69) is 0 Å². The molecule has 0 bridgehead atoms. The predicted molar refractivity (Wildman–Crippen MR) is 91.6 cm³/mol. The zero-order valence-corrected chi connectivity index (χ0v) is 14.3. The Morgan fingerprint density at radius 1 is 1.05 bits per heavy atom. The Morgan fingerprint density at radius 3 is 2.45 bits per heavy atom. The second-order valence-corrected chi connectivity index (χ2v) is 5.92. The molecular formula is C16H16Cl3NO2. The van der Waals surface area contributed by atoms with Gasteiger partial charge in [0.1, 0.15) is 6.61 Å². The van der Waals surface area contributed by atoms with Crippen LogP contribution in [0.4, 0.5) is 0 Å². The molecule has 3 nitrogen and oxygen atoms in total. The maximum absolute atomic E-state index is 6.28. The van der Waals surface area contributed by atoms with E-state index in [0.29, 0.717) is 33.1 Å². The number of hydrogen-bond donors (Lipinski definition) is 1. The summed E-state index contributed by atoms with van der Waals surface area (Å²) >= 11 is 18.3. The van der Waals surface area contributed by atoms with Gasteiger partial charge in [0.15, 0.2) is 11.5 Å². The molecular weight excluding hydrogens is 345 g/mol. The second kappa shape index (κ2) is 7.93. The number of benzene rings is 2. The first-order valence-corrected chi connectivity index (χ1v) is 7.81. The smallest absolute Gasteiger partial charge is 0.180 e. The monoisotopic (exact) mass is 359 g/mol. The van der Waals surface area contributed by atoms with Crippen LogP contribution in [-0.4, -0.2) is 13.7 Å². The Kier molecular flexibility index (Phi) is 6.21. The summed E-state index contributed by atoms with van der Waals surface area (Å²) in [5, 5.41) is 1.60. The molecule has 22 heavy (non-hydrogen) atoms. The Morgan fingerprint density at radius 2 is 1.82 bits per heavy atom. The fraction of sp³-hybridized carbons (Fsp3) is 0.250. The zero-order valence-electron chi connectivity index (χ0n) is 12.0. The van der Waals surface area contributed by atoms with Crippen LogP contribution in [0.2, 0.25) is 15.1 Å². The Balaban J connectivity index is 2.21. The Bertz CT molecular complexity index is 662. The highest BCUT2D eigenvalue weighted by atomic mass is 35.5. The van der Waals surface area contributed by atoms with Crippen molar-refractivity contribution in [1.29, 1.82) is 0 Å². The van der Waals surface area contributed by atoms with Gasteiger partial charge in [-0.15, -0.1) is 0 Å². The third kappa shape index (κ3) is 4.20. The molecule has 0 aliphatic heterocycles. The molecule has 0 aromatic heterocycles. The number of methoxy groups -OCH3 is 1. The van der Waals surface area contributed by atoms with Crippen LogP contribution >= 0.6 is 34.8 Å². The van der Waals surface area contributed by atoms with Crippen molar-refractivity contribution >= 4 is 34.8 Å². The first-order valence-electron chi connectivity index (χ1n) is 6.68. The Hall–Kier alpha value is -1.13. The van der Waals surface area contributed by atoms with Crippen molar-refractivity contribution in [3.05, 3.63) is 56.5 Å². The molecule has 0 aliphatic carbocycles. The van der Waals surface area contributed by atoms with E-state index in [1.54, 1.807) is 19.2 Å². The molecule has 2 rings (SSSR count). The average Bonchev–Trinajstić information content (AvgIpc) is 2.47. The molecule has 0 saturated carbocycles. The molecule has 2 N–H and O–H groups in total. The van der Waals surface area contributed by atoms with Gasteiger partial charge in [-0.25, -0.2) is 0 Å². The molecule has 118 valence electrons. The standard InChI is InChI=1S/C16H16Cl3NO2/c1-21-15-7-10(4-5-20)6-14(19)16(15)22-9-11-2-3-12(17)8-13(11)18/h2-3,6-8H,4-5,9,20H2,1H3. The van der Waals surface area contributed by atoms with Crippen molar-refractivity contribution < 1.29 is 9.47 Å². The van der Waals surface area contributed by atoms with Crippen molar-refractivity contribution in [2.75, 3.05) is 13.7 Å². The fourth-order valence-corrected chi connectivity index (χ4v) is 2.76. The lowest BCUT2D eigenvalue weighted by molar-refractivity contribution is 0.284. The minimum atomic E-state index is 0.266. The van der Waals surface area contributed by atoms with Crippen LogP contribution in [0.25, 0.3) is 0 Å². The SMILES string of the molecule is COc1cc(CCN)cc(Cl)c1OCc1ccc(Cl)cc1Cl. The molecule has 0 aliphatic rings. The van der Waals surface area contributed by atoms with Crippen molar-refractivity contribution in [2.24, 2.45) is 5.73 Å². The van der Waals surface area contributed by atoms with E-state index in [9.17, 15) is 0 Å². The van der Waals surface area contributed by atoms with Gasteiger partial charge in [0.25, 0.3) is 0 Å². The van der Waals surface area contributed by atoms with Gasteiger partial charge in [-0.05, 0) is 42.8 Å². The maximum atomic E-state index is 6.28. The molecule has 0 fully saturated rings. The number of ether oxygens (including phenoxy) is 2. The first-order chi connectivity index (χ1) is 10.5. The minimum Gasteiger partial charge on any atom is -0.493 e. The zero-order chi connectivity index (χ0) is 16.1. The summed E-state index contributed by atoms with van der Waals surface area (Å²) in [5.74, 6) is 1.05. The highest BCUT2D eigenvalue weighted by molar-refractivity contribution is 6.35. The van der Waals surface area contributed by atoms with E-state index in [0.717, 1.165) is 17.5 Å². The average molecular weight is 361 g/mol. The summed E-state index contributed by atoms with van der Waals surface area (Å²) < 4.78 is 11.1. The highest BCUT2D eigenvalue weighted by Gasteiger charge is 2.13. The summed E-state index contributed by atoms with van der Waals surface area (Å²) in [6.45, 7) is 0.808. The highest BCUT2D eigenvalue weighted by Crippen LogP contribution is 2.37. The van der Waals surface area contributed by atoms with E-state index in [4.69, 9.17) is 50.0 Å². The molecule has 2 aromatic carbocycles. The molecule has 0 radical (unpaired) electrons. The lowest BCUT2D eigenvalue weighted by Crippen LogP contribution is -2.04. The van der Waals surface area contributed by atoms with Gasteiger partial charge in [0.05, 0.1) is 12.1 Å². The summed E-state index contributed by atoms with van der Waals surface area (Å²) in [7, 11) is 1.57. The van der Waals surface area contributed by atoms with Crippen LogP contribution in [0.1, 0.15) is 11.1 Å². The molecule has 6 heteroatoms. The van der Waals surface area contributed by atoms with E-state index < -0.39 is 0 Å². The molecule has 0 atom stereocenters. The van der Waals surface area contributed by atoms with Gasteiger partial charge in [0, 0.05) is 15.6 Å². The third-order valence-corrected chi connectivity index (χ3v) is 3.98. The number of rotatable bonds is 6. The summed E-state index contributed by atoms with van der Waals surface area (Å²) in [5.41, 5.74) is 7.38. The quantitative estimate of drug-likeness (QED) is 0.809. The van der Waals surface area contributed by atoms with Crippen LogP contribution in [0.3, 0.4) is 0 Å².